The van der Waals surface area contributed by atoms with E-state index in [0.29, 0.717) is 12.0 Å². The molecule has 0 amide bonds. The summed E-state index contributed by atoms with van der Waals surface area (Å²) in [5, 5.41) is 3.20. The summed E-state index contributed by atoms with van der Waals surface area (Å²) in [6, 6.07) is 0.337. The number of nitrogens with one attached hydrogen (secondary N) is 2. The Hall–Kier alpha value is -0.810. The normalized spacial score (nSPS) is 20.1. The van der Waals surface area contributed by atoms with Crippen molar-refractivity contribution < 1.29 is 0 Å². The van der Waals surface area contributed by atoms with Gasteiger partial charge in [-0.05, 0) is 40.8 Å². The Bertz CT molecular complexity index is 254. The van der Waals surface area contributed by atoms with Gasteiger partial charge in [-0.25, -0.2) is 5.84 Å². The highest BCUT2D eigenvalue weighted by atomic mass is 15.3. The van der Waals surface area contributed by atoms with Gasteiger partial charge >= 0.3 is 0 Å². The van der Waals surface area contributed by atoms with E-state index in [4.69, 9.17) is 5.84 Å². The SMILES string of the molecule is CC(C)NC(=NCC1(N(C)C)CCCC1)NN. The Balaban J connectivity index is 2.64. The maximum atomic E-state index is 5.47. The van der Waals surface area contributed by atoms with Crippen LogP contribution in [0, 0.1) is 0 Å². The highest BCUT2D eigenvalue weighted by Crippen LogP contribution is 2.33. The molecule has 1 rings (SSSR count). The number of guanidine groups is 1. The minimum Gasteiger partial charge on any atom is -0.353 e. The van der Waals surface area contributed by atoms with Crippen molar-refractivity contribution in [3.63, 3.8) is 0 Å². The van der Waals surface area contributed by atoms with Crippen LogP contribution in [0.25, 0.3) is 0 Å². The minimum atomic E-state index is 0.223. The lowest BCUT2D eigenvalue weighted by Gasteiger charge is -2.35. The molecule has 0 radical (unpaired) electrons. The van der Waals surface area contributed by atoms with Crippen LogP contribution in [-0.4, -0.2) is 43.1 Å². The van der Waals surface area contributed by atoms with E-state index in [0.717, 1.165) is 6.54 Å². The highest BCUT2D eigenvalue weighted by molar-refractivity contribution is 5.79. The third-order valence-corrected chi connectivity index (χ3v) is 3.58. The molecule has 1 fully saturated rings. The van der Waals surface area contributed by atoms with E-state index in [1.165, 1.54) is 25.7 Å². The molecule has 5 heteroatoms. The molecule has 0 spiro atoms. The number of hydrazine groups is 1. The van der Waals surface area contributed by atoms with Crippen LogP contribution in [0.2, 0.25) is 0 Å². The molecule has 1 aliphatic rings. The molecule has 0 heterocycles. The molecule has 1 aliphatic carbocycles. The van der Waals surface area contributed by atoms with Crippen LogP contribution in [-0.2, 0) is 0 Å². The second-order valence-electron chi connectivity index (χ2n) is 5.43. The predicted octanol–water partition coefficient (Wildman–Crippen LogP) is 0.678. The lowest BCUT2D eigenvalue weighted by Crippen LogP contribution is -2.48. The van der Waals surface area contributed by atoms with Gasteiger partial charge in [0.2, 0.25) is 5.96 Å². The Labute approximate surface area is 105 Å². The van der Waals surface area contributed by atoms with Crippen LogP contribution >= 0.6 is 0 Å². The molecule has 0 aliphatic heterocycles. The maximum Gasteiger partial charge on any atom is 0.205 e. The van der Waals surface area contributed by atoms with Crippen LogP contribution < -0.4 is 16.6 Å². The molecule has 0 bridgehead atoms. The lowest BCUT2D eigenvalue weighted by molar-refractivity contribution is 0.167. The predicted molar refractivity (Wildman–Crippen MR) is 72.8 cm³/mol. The van der Waals surface area contributed by atoms with Crippen LogP contribution in [0.4, 0.5) is 0 Å². The number of aliphatic imine (C=N–C) groups is 1. The van der Waals surface area contributed by atoms with E-state index < -0.39 is 0 Å². The fourth-order valence-electron chi connectivity index (χ4n) is 2.41. The number of nitrogens with zero attached hydrogens (tertiary/aromatic N) is 2. The lowest BCUT2D eigenvalue weighted by atomic mass is 9.96. The number of hydrogen-bond donors (Lipinski definition) is 3. The third-order valence-electron chi connectivity index (χ3n) is 3.58. The van der Waals surface area contributed by atoms with Crippen molar-refractivity contribution in [2.45, 2.75) is 51.1 Å². The summed E-state index contributed by atoms with van der Waals surface area (Å²) in [7, 11) is 4.29. The maximum absolute atomic E-state index is 5.47. The zero-order valence-electron chi connectivity index (χ0n) is 11.6. The largest absolute Gasteiger partial charge is 0.353 e. The molecule has 4 N–H and O–H groups in total. The summed E-state index contributed by atoms with van der Waals surface area (Å²) in [5.41, 5.74) is 2.86. The van der Waals surface area contributed by atoms with Crippen molar-refractivity contribution in [1.29, 1.82) is 0 Å². The van der Waals surface area contributed by atoms with E-state index in [1.807, 2.05) is 0 Å². The molecule has 0 aromatic heterocycles. The Morgan fingerprint density at radius 2 is 1.94 bits per heavy atom. The van der Waals surface area contributed by atoms with Crippen molar-refractivity contribution in [2.24, 2.45) is 10.8 Å². The Kier molecular flexibility index (Phi) is 5.21. The molecular weight excluding hydrogens is 214 g/mol. The Morgan fingerprint density at radius 3 is 2.35 bits per heavy atom. The Morgan fingerprint density at radius 1 is 1.35 bits per heavy atom. The smallest absolute Gasteiger partial charge is 0.205 e. The average Bonchev–Trinajstić information content (AvgIpc) is 2.73. The van der Waals surface area contributed by atoms with Gasteiger partial charge in [0.1, 0.15) is 0 Å². The first-order chi connectivity index (χ1) is 8.00. The van der Waals surface area contributed by atoms with Crippen molar-refractivity contribution in [1.82, 2.24) is 15.6 Å². The topological polar surface area (TPSA) is 65.7 Å². The zero-order valence-corrected chi connectivity index (χ0v) is 11.6. The summed E-state index contributed by atoms with van der Waals surface area (Å²) in [4.78, 5) is 6.90. The summed E-state index contributed by atoms with van der Waals surface area (Å²) < 4.78 is 0. The van der Waals surface area contributed by atoms with Gasteiger partial charge in [-0.3, -0.25) is 10.4 Å². The van der Waals surface area contributed by atoms with Crippen LogP contribution in [0.5, 0.6) is 0 Å². The minimum absolute atomic E-state index is 0.223. The molecule has 0 atom stereocenters. The first kappa shape index (κ1) is 14.3. The highest BCUT2D eigenvalue weighted by Gasteiger charge is 2.35. The van der Waals surface area contributed by atoms with Crippen molar-refractivity contribution in [2.75, 3.05) is 20.6 Å². The average molecular weight is 241 g/mol. The molecule has 0 unspecified atom stereocenters. The molecule has 100 valence electrons. The second kappa shape index (κ2) is 6.21. The molecular formula is C12H27N5. The van der Waals surface area contributed by atoms with E-state index in [9.17, 15) is 0 Å². The van der Waals surface area contributed by atoms with E-state index >= 15 is 0 Å². The number of rotatable bonds is 4. The fraction of sp³-hybridized carbons (Fsp3) is 0.917. The summed E-state index contributed by atoms with van der Waals surface area (Å²) in [5.74, 6) is 6.16. The third kappa shape index (κ3) is 3.85. The standard InChI is InChI=1S/C12H27N5/c1-10(2)15-11(16-13)14-9-12(17(3)4)7-5-6-8-12/h10H,5-9,13H2,1-4H3,(H2,14,15,16). The summed E-state index contributed by atoms with van der Waals surface area (Å²) >= 11 is 0. The molecule has 0 saturated heterocycles. The molecule has 5 nitrogen and oxygen atoms in total. The number of hydrogen-bond acceptors (Lipinski definition) is 3. The van der Waals surface area contributed by atoms with Crippen molar-refractivity contribution in [3.8, 4) is 0 Å². The molecule has 0 aromatic rings. The van der Waals surface area contributed by atoms with Crippen LogP contribution in [0.15, 0.2) is 4.99 Å². The van der Waals surface area contributed by atoms with Gasteiger partial charge in [-0.2, -0.15) is 0 Å². The monoisotopic (exact) mass is 241 g/mol. The van der Waals surface area contributed by atoms with Crippen LogP contribution in [0.3, 0.4) is 0 Å². The molecule has 0 aromatic carbocycles. The molecule has 17 heavy (non-hydrogen) atoms. The molecule has 1 saturated carbocycles. The fourth-order valence-corrected chi connectivity index (χ4v) is 2.41. The first-order valence-corrected chi connectivity index (χ1v) is 6.45. The van der Waals surface area contributed by atoms with Gasteiger partial charge in [-0.1, -0.05) is 12.8 Å². The van der Waals surface area contributed by atoms with Crippen LogP contribution in [0.1, 0.15) is 39.5 Å². The first-order valence-electron chi connectivity index (χ1n) is 6.45. The van der Waals surface area contributed by atoms with Gasteiger partial charge in [0.05, 0.1) is 6.54 Å². The van der Waals surface area contributed by atoms with Crippen molar-refractivity contribution in [3.05, 3.63) is 0 Å². The second-order valence-corrected chi connectivity index (χ2v) is 5.43. The van der Waals surface area contributed by atoms with Gasteiger partial charge in [0.15, 0.2) is 0 Å². The number of nitrogens with two attached hydrogens (primary N) is 1. The van der Waals surface area contributed by atoms with Gasteiger partial charge < -0.3 is 10.2 Å². The number of likely N-dealkylation sites (N-methyl/N-ethyl adjacent to an activating group) is 1. The van der Waals surface area contributed by atoms with Gasteiger partial charge in [0.25, 0.3) is 0 Å². The van der Waals surface area contributed by atoms with Crippen molar-refractivity contribution >= 4 is 5.96 Å². The summed E-state index contributed by atoms with van der Waals surface area (Å²) in [6.45, 7) is 4.95. The van der Waals surface area contributed by atoms with E-state index in [2.05, 4.69) is 48.6 Å². The van der Waals surface area contributed by atoms with Gasteiger partial charge in [-0.15, -0.1) is 0 Å². The quantitative estimate of drug-likeness (QED) is 0.293. The van der Waals surface area contributed by atoms with Gasteiger partial charge in [0, 0.05) is 11.6 Å². The van der Waals surface area contributed by atoms with E-state index in [1.54, 1.807) is 0 Å². The zero-order chi connectivity index (χ0) is 12.9. The van der Waals surface area contributed by atoms with E-state index in [-0.39, 0.29) is 5.54 Å². The summed E-state index contributed by atoms with van der Waals surface area (Å²) in [6.07, 6.45) is 5.06.